The Morgan fingerprint density at radius 2 is 2.14 bits per heavy atom. The third-order valence-electron chi connectivity index (χ3n) is 1.86. The summed E-state index contributed by atoms with van der Waals surface area (Å²) >= 11 is 1.56. The Bertz CT molecular complexity index is 161. The van der Waals surface area contributed by atoms with Gasteiger partial charge in [-0.15, -0.1) is 0 Å². The zero-order chi connectivity index (χ0) is 11.0. The van der Waals surface area contributed by atoms with Gasteiger partial charge in [0.2, 0.25) is 0 Å². The summed E-state index contributed by atoms with van der Waals surface area (Å²) in [6, 6.07) is 0. The molecule has 2 atom stereocenters. The monoisotopic (exact) mass is 220 g/mol. The molecule has 0 saturated heterocycles. The summed E-state index contributed by atoms with van der Waals surface area (Å²) in [7, 11) is 0. The molecule has 0 radical (unpaired) electrons. The van der Waals surface area contributed by atoms with Gasteiger partial charge in [-0.25, -0.2) is 4.79 Å². The SMILES string of the molecule is CCCCOC(=O)[C@@H](O)[C@H](C)SCC. The van der Waals surface area contributed by atoms with E-state index in [2.05, 4.69) is 0 Å². The van der Waals surface area contributed by atoms with Gasteiger partial charge in [0.05, 0.1) is 6.61 Å². The van der Waals surface area contributed by atoms with Crippen LogP contribution < -0.4 is 0 Å². The van der Waals surface area contributed by atoms with Gasteiger partial charge in [-0.05, 0) is 12.2 Å². The van der Waals surface area contributed by atoms with E-state index in [9.17, 15) is 9.90 Å². The van der Waals surface area contributed by atoms with Crippen molar-refractivity contribution in [2.24, 2.45) is 0 Å². The number of carbonyl (C=O) groups excluding carboxylic acids is 1. The number of thioether (sulfide) groups is 1. The van der Waals surface area contributed by atoms with Gasteiger partial charge in [0.1, 0.15) is 0 Å². The summed E-state index contributed by atoms with van der Waals surface area (Å²) in [5.41, 5.74) is 0. The largest absolute Gasteiger partial charge is 0.464 e. The lowest BCUT2D eigenvalue weighted by molar-refractivity contribution is -0.153. The first-order valence-electron chi connectivity index (χ1n) is 5.09. The second-order valence-electron chi connectivity index (χ2n) is 3.13. The van der Waals surface area contributed by atoms with Crippen LogP contribution in [0.15, 0.2) is 0 Å². The van der Waals surface area contributed by atoms with Gasteiger partial charge in [0.25, 0.3) is 0 Å². The number of ether oxygens (including phenoxy) is 1. The Morgan fingerprint density at radius 3 is 2.64 bits per heavy atom. The number of hydrogen-bond donors (Lipinski definition) is 1. The molecule has 0 aromatic carbocycles. The fourth-order valence-electron chi connectivity index (χ4n) is 0.948. The molecule has 1 N–H and O–H groups in total. The molecule has 0 unspecified atom stereocenters. The van der Waals surface area contributed by atoms with Crippen LogP contribution in [0.3, 0.4) is 0 Å². The number of aliphatic hydroxyl groups is 1. The fraction of sp³-hybridized carbons (Fsp3) is 0.900. The van der Waals surface area contributed by atoms with E-state index < -0.39 is 12.1 Å². The average Bonchev–Trinajstić information content (AvgIpc) is 2.17. The molecule has 0 rings (SSSR count). The highest BCUT2D eigenvalue weighted by molar-refractivity contribution is 7.99. The summed E-state index contributed by atoms with van der Waals surface area (Å²) < 4.78 is 4.91. The third-order valence-corrected chi connectivity index (χ3v) is 2.97. The zero-order valence-electron chi connectivity index (χ0n) is 9.16. The number of aliphatic hydroxyl groups excluding tert-OH is 1. The quantitative estimate of drug-likeness (QED) is 0.525. The van der Waals surface area contributed by atoms with Crippen LogP contribution in [-0.2, 0) is 9.53 Å². The zero-order valence-corrected chi connectivity index (χ0v) is 9.97. The first kappa shape index (κ1) is 13.8. The summed E-state index contributed by atoms with van der Waals surface area (Å²) in [6.45, 7) is 6.27. The molecular formula is C10H20O3S. The van der Waals surface area contributed by atoms with Crippen LogP contribution in [0, 0.1) is 0 Å². The summed E-state index contributed by atoms with van der Waals surface area (Å²) in [5, 5.41) is 9.43. The first-order chi connectivity index (χ1) is 6.63. The highest BCUT2D eigenvalue weighted by Gasteiger charge is 2.23. The molecule has 0 bridgehead atoms. The molecule has 0 aliphatic heterocycles. The van der Waals surface area contributed by atoms with Crippen LogP contribution in [0.1, 0.15) is 33.6 Å². The molecule has 0 heterocycles. The highest BCUT2D eigenvalue weighted by Crippen LogP contribution is 2.14. The predicted molar refractivity (Wildman–Crippen MR) is 59.5 cm³/mol. The summed E-state index contributed by atoms with van der Waals surface area (Å²) in [5.74, 6) is 0.396. The molecule has 4 heteroatoms. The Kier molecular flexibility index (Phi) is 7.99. The van der Waals surface area contributed by atoms with Gasteiger partial charge in [0, 0.05) is 5.25 Å². The van der Waals surface area contributed by atoms with Crippen LogP contribution >= 0.6 is 11.8 Å². The van der Waals surface area contributed by atoms with Crippen molar-refractivity contribution >= 4 is 17.7 Å². The highest BCUT2D eigenvalue weighted by atomic mass is 32.2. The van der Waals surface area contributed by atoms with Gasteiger partial charge in [0.15, 0.2) is 6.10 Å². The van der Waals surface area contributed by atoms with Crippen molar-refractivity contribution in [3.63, 3.8) is 0 Å². The molecule has 0 fully saturated rings. The van der Waals surface area contributed by atoms with E-state index in [4.69, 9.17) is 4.74 Å². The van der Waals surface area contributed by atoms with Crippen LogP contribution in [0.5, 0.6) is 0 Å². The maximum atomic E-state index is 11.2. The fourth-order valence-corrected chi connectivity index (χ4v) is 1.77. The topological polar surface area (TPSA) is 46.5 Å². The molecule has 84 valence electrons. The molecule has 0 saturated carbocycles. The molecule has 0 spiro atoms. The average molecular weight is 220 g/mol. The second kappa shape index (κ2) is 8.12. The maximum absolute atomic E-state index is 11.2. The minimum absolute atomic E-state index is 0.0888. The Morgan fingerprint density at radius 1 is 1.50 bits per heavy atom. The van der Waals surface area contributed by atoms with Gasteiger partial charge >= 0.3 is 5.97 Å². The first-order valence-corrected chi connectivity index (χ1v) is 6.14. The molecule has 14 heavy (non-hydrogen) atoms. The lowest BCUT2D eigenvalue weighted by atomic mass is 10.3. The lowest BCUT2D eigenvalue weighted by Gasteiger charge is -2.16. The number of esters is 1. The van der Waals surface area contributed by atoms with Crippen molar-refractivity contribution in [1.82, 2.24) is 0 Å². The molecule has 0 aromatic heterocycles. The molecule has 0 amide bonds. The molecule has 0 aliphatic rings. The van der Waals surface area contributed by atoms with Crippen molar-refractivity contribution in [2.45, 2.75) is 45.0 Å². The smallest absolute Gasteiger partial charge is 0.336 e. The van der Waals surface area contributed by atoms with Crippen molar-refractivity contribution in [3.05, 3.63) is 0 Å². The number of unbranched alkanes of at least 4 members (excludes halogenated alkanes) is 1. The maximum Gasteiger partial charge on any atom is 0.336 e. The van der Waals surface area contributed by atoms with Crippen molar-refractivity contribution < 1.29 is 14.6 Å². The van der Waals surface area contributed by atoms with Crippen LogP contribution in [0.25, 0.3) is 0 Å². The van der Waals surface area contributed by atoms with E-state index in [1.54, 1.807) is 11.8 Å². The van der Waals surface area contributed by atoms with Crippen LogP contribution in [-0.4, -0.2) is 34.8 Å². The van der Waals surface area contributed by atoms with Gasteiger partial charge in [-0.3, -0.25) is 0 Å². The number of rotatable bonds is 7. The molecule has 0 aromatic rings. The van der Waals surface area contributed by atoms with E-state index in [1.807, 2.05) is 20.8 Å². The van der Waals surface area contributed by atoms with Gasteiger partial charge in [-0.1, -0.05) is 27.2 Å². The van der Waals surface area contributed by atoms with E-state index in [-0.39, 0.29) is 5.25 Å². The van der Waals surface area contributed by atoms with E-state index in [0.717, 1.165) is 18.6 Å². The predicted octanol–water partition coefficient (Wildman–Crippen LogP) is 1.83. The second-order valence-corrected chi connectivity index (χ2v) is 4.78. The number of carbonyl (C=O) groups is 1. The molecule has 3 nitrogen and oxygen atoms in total. The van der Waals surface area contributed by atoms with Crippen molar-refractivity contribution in [3.8, 4) is 0 Å². The van der Waals surface area contributed by atoms with Crippen LogP contribution in [0.4, 0.5) is 0 Å². The lowest BCUT2D eigenvalue weighted by Crippen LogP contribution is -2.32. The standard InChI is InChI=1S/C10H20O3S/c1-4-6-7-13-10(12)9(11)8(3)14-5-2/h8-9,11H,4-7H2,1-3H3/t8-,9-/m0/s1. The van der Waals surface area contributed by atoms with Crippen LogP contribution in [0.2, 0.25) is 0 Å². The van der Waals surface area contributed by atoms with Crippen molar-refractivity contribution in [1.29, 1.82) is 0 Å². The van der Waals surface area contributed by atoms with E-state index in [0.29, 0.717) is 6.61 Å². The molecule has 0 aliphatic carbocycles. The van der Waals surface area contributed by atoms with E-state index in [1.165, 1.54) is 0 Å². The van der Waals surface area contributed by atoms with Gasteiger partial charge < -0.3 is 9.84 Å². The number of hydrogen-bond acceptors (Lipinski definition) is 4. The molecular weight excluding hydrogens is 200 g/mol. The normalized spacial score (nSPS) is 14.9. The Hall–Kier alpha value is -0.220. The minimum Gasteiger partial charge on any atom is -0.464 e. The van der Waals surface area contributed by atoms with Gasteiger partial charge in [-0.2, -0.15) is 11.8 Å². The summed E-state index contributed by atoms with van der Waals surface area (Å²) in [4.78, 5) is 11.2. The summed E-state index contributed by atoms with van der Waals surface area (Å²) in [6.07, 6.45) is 0.855. The Balaban J connectivity index is 3.74. The minimum atomic E-state index is -0.989. The van der Waals surface area contributed by atoms with E-state index >= 15 is 0 Å². The van der Waals surface area contributed by atoms with Crippen molar-refractivity contribution in [2.75, 3.05) is 12.4 Å². The third kappa shape index (κ3) is 5.50. The Labute approximate surface area is 90.2 Å².